The molecule has 0 spiro atoms. The number of amides is 1. The number of primary amides is 1. The summed E-state index contributed by atoms with van der Waals surface area (Å²) in [7, 11) is -3.78. The van der Waals surface area contributed by atoms with Gasteiger partial charge in [-0.1, -0.05) is 0 Å². The Kier molecular flexibility index (Phi) is 5.66. The van der Waals surface area contributed by atoms with E-state index in [4.69, 9.17) is 16.2 Å². The molecule has 10 heteroatoms. The highest BCUT2D eigenvalue weighted by molar-refractivity contribution is 9.10. The summed E-state index contributed by atoms with van der Waals surface area (Å²) in [6.07, 6.45) is 1.39. The molecule has 0 saturated carbocycles. The van der Waals surface area contributed by atoms with E-state index in [9.17, 15) is 13.2 Å². The molecule has 1 aromatic heterocycles. The first-order valence-electron chi connectivity index (χ1n) is 5.09. The predicted molar refractivity (Wildman–Crippen MR) is 71.6 cm³/mol. The van der Waals surface area contributed by atoms with Crippen molar-refractivity contribution in [3.63, 3.8) is 0 Å². The minimum atomic E-state index is -3.78. The number of nitrogen functional groups attached to an aromatic ring is 1. The van der Waals surface area contributed by atoms with Crippen LogP contribution in [-0.4, -0.2) is 39.1 Å². The second-order valence-corrected chi connectivity index (χ2v) is 6.10. The average molecular weight is 353 g/mol. The van der Waals surface area contributed by atoms with Gasteiger partial charge in [0.25, 0.3) is 0 Å². The van der Waals surface area contributed by atoms with Crippen LogP contribution in [0.2, 0.25) is 0 Å². The van der Waals surface area contributed by atoms with Gasteiger partial charge in [-0.3, -0.25) is 4.79 Å². The van der Waals surface area contributed by atoms with Crippen molar-refractivity contribution in [2.24, 2.45) is 5.73 Å². The van der Waals surface area contributed by atoms with Crippen molar-refractivity contribution in [2.45, 2.75) is 4.90 Å². The topological polar surface area (TPSA) is 137 Å². The maximum Gasteiger partial charge on any atom is 0.244 e. The van der Waals surface area contributed by atoms with Crippen LogP contribution in [-0.2, 0) is 19.6 Å². The molecule has 19 heavy (non-hydrogen) atoms. The van der Waals surface area contributed by atoms with Crippen molar-refractivity contribution in [3.05, 3.63) is 16.7 Å². The number of rotatable bonds is 7. The Balaban J connectivity index is 2.61. The van der Waals surface area contributed by atoms with Gasteiger partial charge in [0.2, 0.25) is 15.9 Å². The van der Waals surface area contributed by atoms with Gasteiger partial charge in [0.05, 0.1) is 6.61 Å². The smallest absolute Gasteiger partial charge is 0.244 e. The SMILES string of the molecule is NC(=O)COCCNS(=O)(=O)c1cc(Br)cnc1N. The van der Waals surface area contributed by atoms with E-state index in [2.05, 4.69) is 25.6 Å². The number of pyridine rings is 1. The fourth-order valence-corrected chi connectivity index (χ4v) is 2.75. The summed E-state index contributed by atoms with van der Waals surface area (Å²) in [6, 6.07) is 1.34. The van der Waals surface area contributed by atoms with Gasteiger partial charge in [0, 0.05) is 17.2 Å². The highest BCUT2D eigenvalue weighted by Crippen LogP contribution is 2.19. The minimum Gasteiger partial charge on any atom is -0.383 e. The summed E-state index contributed by atoms with van der Waals surface area (Å²) in [4.78, 5) is 14.0. The van der Waals surface area contributed by atoms with Gasteiger partial charge >= 0.3 is 0 Å². The number of ether oxygens (including phenoxy) is 1. The first-order chi connectivity index (χ1) is 8.83. The molecule has 0 bridgehead atoms. The first kappa shape index (κ1) is 15.8. The van der Waals surface area contributed by atoms with E-state index in [-0.39, 0.29) is 30.5 Å². The van der Waals surface area contributed by atoms with Crippen molar-refractivity contribution in [2.75, 3.05) is 25.5 Å². The minimum absolute atomic E-state index is 0.0123. The third-order valence-corrected chi connectivity index (χ3v) is 3.84. The molecule has 0 aliphatic heterocycles. The molecule has 106 valence electrons. The number of anilines is 1. The lowest BCUT2D eigenvalue weighted by molar-refractivity contribution is -0.122. The molecule has 0 fully saturated rings. The Morgan fingerprint density at radius 2 is 2.21 bits per heavy atom. The number of carbonyl (C=O) groups excluding carboxylic acids is 1. The molecule has 5 N–H and O–H groups in total. The van der Waals surface area contributed by atoms with E-state index < -0.39 is 15.9 Å². The summed E-state index contributed by atoms with van der Waals surface area (Å²) >= 11 is 3.11. The van der Waals surface area contributed by atoms with Gasteiger partial charge in [-0.15, -0.1) is 0 Å². The molecule has 1 heterocycles. The van der Waals surface area contributed by atoms with Crippen LogP contribution >= 0.6 is 15.9 Å². The lowest BCUT2D eigenvalue weighted by Gasteiger charge is -2.08. The largest absolute Gasteiger partial charge is 0.383 e. The van der Waals surface area contributed by atoms with Crippen LogP contribution in [0.4, 0.5) is 5.82 Å². The highest BCUT2D eigenvalue weighted by atomic mass is 79.9. The number of halogens is 1. The average Bonchev–Trinajstić information content (AvgIpc) is 2.31. The molecule has 0 atom stereocenters. The third-order valence-electron chi connectivity index (χ3n) is 1.92. The molecule has 0 unspecified atom stereocenters. The number of nitrogens with two attached hydrogens (primary N) is 2. The number of aromatic nitrogens is 1. The van der Waals surface area contributed by atoms with Crippen molar-refractivity contribution in [1.29, 1.82) is 0 Å². The molecule has 1 rings (SSSR count). The number of hydrogen-bond acceptors (Lipinski definition) is 6. The van der Waals surface area contributed by atoms with E-state index in [1.165, 1.54) is 12.3 Å². The molecule has 0 aromatic carbocycles. The lowest BCUT2D eigenvalue weighted by Crippen LogP contribution is -2.29. The Bertz CT molecular complexity index is 563. The standard InChI is InChI=1S/C9H13BrN4O4S/c10-6-3-7(9(12)13-4-6)19(16,17)14-1-2-18-5-8(11)15/h3-4,14H,1-2,5H2,(H2,11,15)(H2,12,13). The van der Waals surface area contributed by atoms with Gasteiger partial charge < -0.3 is 16.2 Å². The quantitative estimate of drug-likeness (QED) is 0.549. The van der Waals surface area contributed by atoms with E-state index in [1.807, 2.05) is 0 Å². The second-order valence-electron chi connectivity index (χ2n) is 3.45. The molecule has 8 nitrogen and oxygen atoms in total. The zero-order chi connectivity index (χ0) is 14.5. The van der Waals surface area contributed by atoms with Crippen LogP contribution in [0.25, 0.3) is 0 Å². The summed E-state index contributed by atoms with van der Waals surface area (Å²) < 4.78 is 31.4. The Morgan fingerprint density at radius 3 is 2.84 bits per heavy atom. The van der Waals surface area contributed by atoms with Crippen LogP contribution in [0.15, 0.2) is 21.6 Å². The zero-order valence-corrected chi connectivity index (χ0v) is 12.2. The van der Waals surface area contributed by atoms with Crippen LogP contribution < -0.4 is 16.2 Å². The Labute approximate surface area is 118 Å². The number of hydrogen-bond donors (Lipinski definition) is 3. The fraction of sp³-hybridized carbons (Fsp3) is 0.333. The van der Waals surface area contributed by atoms with Gasteiger partial charge in [0.1, 0.15) is 17.3 Å². The van der Waals surface area contributed by atoms with Crippen LogP contribution in [0.5, 0.6) is 0 Å². The van der Waals surface area contributed by atoms with Gasteiger partial charge in [-0.25, -0.2) is 18.1 Å². The molecular weight excluding hydrogens is 340 g/mol. The monoisotopic (exact) mass is 352 g/mol. The van der Waals surface area contributed by atoms with Crippen LogP contribution in [0, 0.1) is 0 Å². The molecule has 0 saturated heterocycles. The third kappa shape index (κ3) is 5.11. The lowest BCUT2D eigenvalue weighted by atomic mass is 10.5. The van der Waals surface area contributed by atoms with Crippen molar-refractivity contribution < 1.29 is 17.9 Å². The summed E-state index contributed by atoms with van der Waals surface area (Å²) in [5.41, 5.74) is 10.4. The number of sulfonamides is 1. The Hall–Kier alpha value is -1.23. The van der Waals surface area contributed by atoms with E-state index in [0.29, 0.717) is 4.47 Å². The normalized spacial score (nSPS) is 11.4. The van der Waals surface area contributed by atoms with E-state index in [0.717, 1.165) is 0 Å². The van der Waals surface area contributed by atoms with Gasteiger partial charge in [-0.2, -0.15) is 0 Å². The maximum atomic E-state index is 11.9. The molecule has 0 radical (unpaired) electrons. The zero-order valence-electron chi connectivity index (χ0n) is 9.80. The Morgan fingerprint density at radius 1 is 1.53 bits per heavy atom. The summed E-state index contributed by atoms with van der Waals surface area (Å²) in [5, 5.41) is 0. The maximum absolute atomic E-state index is 11.9. The highest BCUT2D eigenvalue weighted by Gasteiger charge is 2.18. The van der Waals surface area contributed by atoms with E-state index >= 15 is 0 Å². The number of nitrogens with zero attached hydrogens (tertiary/aromatic N) is 1. The molecule has 0 aliphatic rings. The predicted octanol–water partition coefficient (Wildman–Crippen LogP) is -0.793. The fourth-order valence-electron chi connectivity index (χ4n) is 1.15. The molecular formula is C9H13BrN4O4S. The molecule has 1 aromatic rings. The van der Waals surface area contributed by atoms with Gasteiger partial charge in [-0.05, 0) is 22.0 Å². The van der Waals surface area contributed by atoms with Crippen molar-refractivity contribution in [3.8, 4) is 0 Å². The van der Waals surface area contributed by atoms with Crippen LogP contribution in [0.3, 0.4) is 0 Å². The number of carbonyl (C=O) groups is 1. The van der Waals surface area contributed by atoms with Crippen molar-refractivity contribution >= 4 is 37.7 Å². The summed E-state index contributed by atoms with van der Waals surface area (Å²) in [6.45, 7) is -0.257. The number of nitrogens with one attached hydrogen (secondary N) is 1. The second kappa shape index (κ2) is 6.80. The summed E-state index contributed by atoms with van der Waals surface area (Å²) in [5.74, 6) is -0.725. The van der Waals surface area contributed by atoms with Crippen LogP contribution in [0.1, 0.15) is 0 Å². The molecule has 0 aliphatic carbocycles. The van der Waals surface area contributed by atoms with E-state index in [1.54, 1.807) is 0 Å². The van der Waals surface area contributed by atoms with Crippen molar-refractivity contribution in [1.82, 2.24) is 9.71 Å². The van der Waals surface area contributed by atoms with Gasteiger partial charge in [0.15, 0.2) is 0 Å². The molecule has 1 amide bonds. The first-order valence-corrected chi connectivity index (χ1v) is 7.37.